The number of aromatic nitrogens is 5. The SMILES string of the molecule is COCCOc1c(Nc2ncccc2F)cc(C(=O)Nc2nnc(-n3nccc3NC(C)=O)s2)oc1=O. The quantitative estimate of drug-likeness (QED) is 0.256. The summed E-state index contributed by atoms with van der Waals surface area (Å²) in [7, 11) is 1.45. The van der Waals surface area contributed by atoms with Gasteiger partial charge in [-0.2, -0.15) is 9.78 Å². The minimum absolute atomic E-state index is 0.00630. The van der Waals surface area contributed by atoms with Crippen LogP contribution >= 0.6 is 11.3 Å². The van der Waals surface area contributed by atoms with Crippen molar-refractivity contribution in [1.29, 1.82) is 0 Å². The lowest BCUT2D eigenvalue weighted by Gasteiger charge is -2.13. The number of nitrogens with one attached hydrogen (secondary N) is 3. The van der Waals surface area contributed by atoms with E-state index >= 15 is 0 Å². The molecular weight excluding hydrogens is 511 g/mol. The van der Waals surface area contributed by atoms with Crippen molar-refractivity contribution in [3.8, 4) is 10.9 Å². The molecule has 4 aromatic rings. The zero-order chi connectivity index (χ0) is 26.4. The van der Waals surface area contributed by atoms with Crippen LogP contribution in [0.15, 0.2) is 45.9 Å². The van der Waals surface area contributed by atoms with Crippen LogP contribution in [0.5, 0.6) is 5.75 Å². The molecule has 4 aromatic heterocycles. The highest BCUT2D eigenvalue weighted by atomic mass is 32.1. The molecule has 0 aliphatic rings. The maximum absolute atomic E-state index is 14.2. The molecule has 14 nitrogen and oxygen atoms in total. The Kier molecular flexibility index (Phi) is 7.80. The third-order valence-corrected chi connectivity index (χ3v) is 5.25. The summed E-state index contributed by atoms with van der Waals surface area (Å²) in [5.41, 5.74) is -1.04. The monoisotopic (exact) mass is 530 g/mol. The predicted octanol–water partition coefficient (Wildman–Crippen LogP) is 2.19. The molecule has 37 heavy (non-hydrogen) atoms. The van der Waals surface area contributed by atoms with E-state index in [0.29, 0.717) is 5.82 Å². The normalized spacial score (nSPS) is 10.7. The van der Waals surface area contributed by atoms with Crippen molar-refractivity contribution in [3.05, 3.63) is 58.7 Å². The molecule has 0 aromatic carbocycles. The summed E-state index contributed by atoms with van der Waals surface area (Å²) in [5.74, 6) is -2.38. The van der Waals surface area contributed by atoms with E-state index < -0.39 is 23.1 Å². The first-order valence-corrected chi connectivity index (χ1v) is 11.3. The highest BCUT2D eigenvalue weighted by molar-refractivity contribution is 7.17. The predicted molar refractivity (Wildman–Crippen MR) is 129 cm³/mol. The van der Waals surface area contributed by atoms with Crippen LogP contribution < -0.4 is 26.3 Å². The second-order valence-electron chi connectivity index (χ2n) is 7.09. The molecule has 3 N–H and O–H groups in total. The van der Waals surface area contributed by atoms with Crippen LogP contribution in [-0.2, 0) is 9.53 Å². The molecule has 2 amide bonds. The van der Waals surface area contributed by atoms with Gasteiger partial charge in [-0.25, -0.2) is 14.2 Å². The van der Waals surface area contributed by atoms with Gasteiger partial charge in [0.1, 0.15) is 12.4 Å². The fourth-order valence-electron chi connectivity index (χ4n) is 2.90. The van der Waals surface area contributed by atoms with E-state index in [1.165, 1.54) is 43.2 Å². The molecule has 0 unspecified atom stereocenters. The lowest BCUT2D eigenvalue weighted by atomic mass is 10.3. The highest BCUT2D eigenvalue weighted by Gasteiger charge is 2.21. The van der Waals surface area contributed by atoms with Gasteiger partial charge in [0.15, 0.2) is 17.4 Å². The average molecular weight is 530 g/mol. The van der Waals surface area contributed by atoms with Crippen molar-refractivity contribution in [2.75, 3.05) is 36.3 Å². The van der Waals surface area contributed by atoms with E-state index in [0.717, 1.165) is 17.4 Å². The molecule has 4 rings (SSSR count). The number of rotatable bonds is 10. The first-order valence-electron chi connectivity index (χ1n) is 10.5. The maximum atomic E-state index is 14.2. The number of carbonyl (C=O) groups is 2. The summed E-state index contributed by atoms with van der Waals surface area (Å²) in [4.78, 5) is 40.7. The van der Waals surface area contributed by atoms with Gasteiger partial charge in [0.25, 0.3) is 5.91 Å². The third kappa shape index (κ3) is 6.11. The Morgan fingerprint density at radius 2 is 2.03 bits per heavy atom. The second-order valence-corrected chi connectivity index (χ2v) is 8.05. The number of pyridine rings is 1. The largest absolute Gasteiger partial charge is 0.483 e. The van der Waals surface area contributed by atoms with Gasteiger partial charge < -0.3 is 24.5 Å². The Bertz CT molecular complexity index is 1490. The number of carbonyl (C=O) groups excluding carboxylic acids is 2. The number of amides is 2. The van der Waals surface area contributed by atoms with Gasteiger partial charge in [-0.1, -0.05) is 11.3 Å². The second kappa shape index (κ2) is 11.4. The number of nitrogens with zero attached hydrogens (tertiary/aromatic N) is 5. The third-order valence-electron chi connectivity index (χ3n) is 4.44. The van der Waals surface area contributed by atoms with E-state index in [2.05, 4.69) is 36.2 Å². The van der Waals surface area contributed by atoms with Crippen LogP contribution in [0, 0.1) is 5.82 Å². The molecule has 0 saturated carbocycles. The number of halogens is 1. The molecule has 0 atom stereocenters. The molecule has 4 heterocycles. The van der Waals surface area contributed by atoms with Crippen molar-refractivity contribution in [1.82, 2.24) is 25.0 Å². The van der Waals surface area contributed by atoms with E-state index in [-0.39, 0.29) is 46.6 Å². The highest BCUT2D eigenvalue weighted by Crippen LogP contribution is 2.27. The van der Waals surface area contributed by atoms with E-state index in [9.17, 15) is 18.8 Å². The Morgan fingerprint density at radius 3 is 2.78 bits per heavy atom. The van der Waals surface area contributed by atoms with E-state index in [1.54, 1.807) is 6.07 Å². The summed E-state index contributed by atoms with van der Waals surface area (Å²) < 4.78 is 31.0. The number of methoxy groups -OCH3 is 1. The molecule has 192 valence electrons. The number of anilines is 4. The van der Waals surface area contributed by atoms with E-state index in [1.807, 2.05) is 0 Å². The zero-order valence-electron chi connectivity index (χ0n) is 19.4. The molecule has 0 bridgehead atoms. The summed E-state index contributed by atoms with van der Waals surface area (Å²) in [5, 5.41) is 19.9. The number of hydrogen-bond acceptors (Lipinski definition) is 12. The Balaban J connectivity index is 1.59. The molecule has 0 aliphatic carbocycles. The van der Waals surface area contributed by atoms with Gasteiger partial charge in [-0.05, 0) is 12.1 Å². The van der Waals surface area contributed by atoms with Gasteiger partial charge in [-0.15, -0.1) is 10.2 Å². The van der Waals surface area contributed by atoms with Crippen molar-refractivity contribution >= 4 is 45.6 Å². The molecule has 16 heteroatoms. The van der Waals surface area contributed by atoms with Crippen LogP contribution in [-0.4, -0.2) is 57.1 Å². The lowest BCUT2D eigenvalue weighted by Crippen LogP contribution is -2.18. The van der Waals surface area contributed by atoms with Crippen LogP contribution in [0.25, 0.3) is 5.13 Å². The van der Waals surface area contributed by atoms with Crippen LogP contribution in [0.1, 0.15) is 17.5 Å². The number of hydrogen-bond donors (Lipinski definition) is 3. The van der Waals surface area contributed by atoms with Gasteiger partial charge in [0, 0.05) is 32.4 Å². The van der Waals surface area contributed by atoms with Crippen molar-refractivity contribution in [3.63, 3.8) is 0 Å². The molecule has 0 aliphatic heterocycles. The average Bonchev–Trinajstić information content (AvgIpc) is 3.51. The minimum atomic E-state index is -0.989. The van der Waals surface area contributed by atoms with Gasteiger partial charge in [0.05, 0.1) is 18.5 Å². The number of ether oxygens (including phenoxy) is 2. The van der Waals surface area contributed by atoms with E-state index in [4.69, 9.17) is 13.9 Å². The zero-order valence-corrected chi connectivity index (χ0v) is 20.2. The standard InChI is InChI=1S/C21H19FN8O6S/c1-11(31)25-15-5-7-24-30(15)21-29-28-20(37-21)27-18(32)14-10-13(26-17-12(22)4-3-6-23-17)16(19(33)36-14)35-9-8-34-2/h3-7,10H,8-9H2,1-2H3,(H,23,26)(H,25,31)(H,27,28,32). The van der Waals surface area contributed by atoms with Gasteiger partial charge in [-0.3, -0.25) is 14.9 Å². The Labute approximate surface area is 211 Å². The summed E-state index contributed by atoms with van der Waals surface area (Å²) in [6, 6.07) is 5.29. The van der Waals surface area contributed by atoms with Crippen molar-refractivity contribution in [2.24, 2.45) is 0 Å². The Morgan fingerprint density at radius 1 is 1.19 bits per heavy atom. The van der Waals surface area contributed by atoms with Gasteiger partial charge in [0.2, 0.25) is 21.9 Å². The maximum Gasteiger partial charge on any atom is 0.381 e. The van der Waals surface area contributed by atoms with Crippen molar-refractivity contribution < 1.29 is 27.9 Å². The molecular formula is C21H19FN8O6S. The fourth-order valence-corrected chi connectivity index (χ4v) is 3.61. The topological polar surface area (TPSA) is 175 Å². The van der Waals surface area contributed by atoms with Crippen LogP contribution in [0.2, 0.25) is 0 Å². The van der Waals surface area contributed by atoms with Crippen LogP contribution in [0.3, 0.4) is 0 Å². The van der Waals surface area contributed by atoms with Crippen molar-refractivity contribution in [2.45, 2.75) is 6.92 Å². The Hall–Kier alpha value is -4.70. The summed E-state index contributed by atoms with van der Waals surface area (Å²) in [6.45, 7) is 1.50. The first kappa shape index (κ1) is 25.4. The molecule has 0 spiro atoms. The van der Waals surface area contributed by atoms with Crippen LogP contribution in [0.4, 0.5) is 26.8 Å². The summed E-state index contributed by atoms with van der Waals surface area (Å²) in [6.07, 6.45) is 2.80. The fraction of sp³-hybridized carbons (Fsp3) is 0.190. The smallest absolute Gasteiger partial charge is 0.381 e. The van der Waals surface area contributed by atoms with Gasteiger partial charge >= 0.3 is 5.63 Å². The minimum Gasteiger partial charge on any atom is -0.483 e. The molecule has 0 saturated heterocycles. The lowest BCUT2D eigenvalue weighted by molar-refractivity contribution is -0.114. The molecule has 0 radical (unpaired) electrons. The molecule has 0 fully saturated rings. The summed E-state index contributed by atoms with van der Waals surface area (Å²) >= 11 is 0.946. The first-order chi connectivity index (χ1) is 17.9.